The number of rotatable bonds is 4. The van der Waals surface area contributed by atoms with Gasteiger partial charge in [-0.25, -0.2) is 0 Å². The third-order valence-corrected chi connectivity index (χ3v) is 5.65. The summed E-state index contributed by atoms with van der Waals surface area (Å²) in [7, 11) is 0. The maximum Gasteiger partial charge on any atom is 0.324 e. The van der Waals surface area contributed by atoms with Gasteiger partial charge in [0, 0.05) is 54.9 Å². The number of carbonyl (C=O) groups is 1. The molecule has 1 aromatic carbocycles. The van der Waals surface area contributed by atoms with Crippen LogP contribution in [-0.4, -0.2) is 71.7 Å². The Kier molecular flexibility index (Phi) is 6.04. The Morgan fingerprint density at radius 2 is 1.71 bits per heavy atom. The largest absolute Gasteiger partial charge is 0.342 e. The topological polar surface area (TPSA) is 65.7 Å². The molecule has 1 amide bonds. The minimum Gasteiger partial charge on any atom is -0.342 e. The lowest BCUT2D eigenvalue weighted by atomic mass is 10.2. The summed E-state index contributed by atoms with van der Waals surface area (Å²) < 4.78 is 5.48. The van der Waals surface area contributed by atoms with E-state index in [1.54, 1.807) is 18.2 Å². The predicted octanol–water partition coefficient (Wildman–Crippen LogP) is 3.18. The number of aromatic nitrogens is 2. The van der Waals surface area contributed by atoms with Crippen LogP contribution < -0.4 is 4.90 Å². The van der Waals surface area contributed by atoms with Gasteiger partial charge in [0.1, 0.15) is 0 Å². The van der Waals surface area contributed by atoms with E-state index in [0.29, 0.717) is 28.4 Å². The molecule has 4 rings (SSSR count). The van der Waals surface area contributed by atoms with Crippen molar-refractivity contribution in [3.05, 3.63) is 28.2 Å². The van der Waals surface area contributed by atoms with E-state index in [9.17, 15) is 4.79 Å². The van der Waals surface area contributed by atoms with Crippen molar-refractivity contribution in [2.75, 3.05) is 50.7 Å². The van der Waals surface area contributed by atoms with Crippen LogP contribution in [0, 0.1) is 0 Å². The van der Waals surface area contributed by atoms with Gasteiger partial charge < -0.3 is 14.3 Å². The van der Waals surface area contributed by atoms with E-state index in [1.165, 1.54) is 0 Å². The van der Waals surface area contributed by atoms with E-state index < -0.39 is 0 Å². The molecule has 2 aliphatic rings. The van der Waals surface area contributed by atoms with E-state index in [4.69, 9.17) is 27.7 Å². The summed E-state index contributed by atoms with van der Waals surface area (Å²) in [5, 5.41) is 5.13. The molecule has 1 aromatic heterocycles. The number of anilines is 1. The summed E-state index contributed by atoms with van der Waals surface area (Å²) >= 11 is 12.1. The number of likely N-dealkylation sites (tertiary alicyclic amines) is 1. The van der Waals surface area contributed by atoms with Gasteiger partial charge in [-0.1, -0.05) is 28.4 Å². The average Bonchev–Trinajstić information content (AvgIpc) is 3.31. The van der Waals surface area contributed by atoms with Crippen molar-refractivity contribution in [3.63, 3.8) is 0 Å². The fraction of sp³-hybridized carbons (Fsp3) is 0.526. The molecule has 0 atom stereocenters. The molecule has 0 spiro atoms. The standard InChI is InChI=1S/C19H23Cl2N5O2/c20-15-10-14(11-16(21)12-15)18-22-19(28-23-18)26-7-3-4-24(8-9-26)13-17(27)25-5-1-2-6-25/h10-12H,1-9,13H2. The van der Waals surface area contributed by atoms with E-state index in [0.717, 1.165) is 64.1 Å². The van der Waals surface area contributed by atoms with Crippen molar-refractivity contribution in [1.82, 2.24) is 19.9 Å². The second-order valence-corrected chi connectivity index (χ2v) is 8.14. The molecule has 0 aliphatic carbocycles. The van der Waals surface area contributed by atoms with Crippen LogP contribution in [-0.2, 0) is 4.79 Å². The number of carbonyl (C=O) groups excluding carboxylic acids is 1. The zero-order chi connectivity index (χ0) is 19.5. The van der Waals surface area contributed by atoms with Crippen molar-refractivity contribution in [1.29, 1.82) is 0 Å². The van der Waals surface area contributed by atoms with E-state index in [1.807, 2.05) is 4.90 Å². The molecule has 0 N–H and O–H groups in total. The Hall–Kier alpha value is -1.83. The van der Waals surface area contributed by atoms with Crippen molar-refractivity contribution in [2.24, 2.45) is 0 Å². The average molecular weight is 424 g/mol. The molecule has 28 heavy (non-hydrogen) atoms. The Labute approximate surface area is 174 Å². The smallest absolute Gasteiger partial charge is 0.324 e. The maximum absolute atomic E-state index is 12.4. The molecule has 0 saturated carbocycles. The molecule has 150 valence electrons. The lowest BCUT2D eigenvalue weighted by Crippen LogP contribution is -2.40. The Morgan fingerprint density at radius 3 is 2.46 bits per heavy atom. The fourth-order valence-electron chi connectivity index (χ4n) is 3.72. The van der Waals surface area contributed by atoms with Gasteiger partial charge in [0.05, 0.1) is 6.54 Å². The van der Waals surface area contributed by atoms with E-state index >= 15 is 0 Å². The molecule has 0 bridgehead atoms. The van der Waals surface area contributed by atoms with Crippen molar-refractivity contribution < 1.29 is 9.32 Å². The van der Waals surface area contributed by atoms with Crippen LogP contribution in [0.3, 0.4) is 0 Å². The molecular weight excluding hydrogens is 401 g/mol. The zero-order valence-electron chi connectivity index (χ0n) is 15.6. The fourth-order valence-corrected chi connectivity index (χ4v) is 4.25. The van der Waals surface area contributed by atoms with Gasteiger partial charge in [0.15, 0.2) is 0 Å². The normalized spacial score (nSPS) is 18.5. The SMILES string of the molecule is O=C(CN1CCCN(c2nc(-c3cc(Cl)cc(Cl)c3)no2)CC1)N1CCCC1. The highest BCUT2D eigenvalue weighted by atomic mass is 35.5. The van der Waals surface area contributed by atoms with Crippen LogP contribution in [0.2, 0.25) is 10.0 Å². The van der Waals surface area contributed by atoms with Gasteiger partial charge in [0.2, 0.25) is 11.7 Å². The van der Waals surface area contributed by atoms with Crippen LogP contribution in [0.25, 0.3) is 11.4 Å². The molecule has 0 unspecified atom stereocenters. The molecule has 2 fully saturated rings. The summed E-state index contributed by atoms with van der Waals surface area (Å²) in [5.41, 5.74) is 0.722. The summed E-state index contributed by atoms with van der Waals surface area (Å²) in [5.74, 6) is 0.702. The van der Waals surface area contributed by atoms with Crippen molar-refractivity contribution >= 4 is 35.1 Å². The quantitative estimate of drug-likeness (QED) is 0.751. The van der Waals surface area contributed by atoms with Gasteiger partial charge in [-0.15, -0.1) is 0 Å². The molecule has 2 saturated heterocycles. The maximum atomic E-state index is 12.4. The Balaban J connectivity index is 1.38. The van der Waals surface area contributed by atoms with Crippen molar-refractivity contribution in [2.45, 2.75) is 19.3 Å². The molecule has 0 radical (unpaired) electrons. The van der Waals surface area contributed by atoms with Gasteiger partial charge >= 0.3 is 6.01 Å². The molecular formula is C19H23Cl2N5O2. The summed E-state index contributed by atoms with van der Waals surface area (Å²) in [4.78, 5) is 23.2. The van der Waals surface area contributed by atoms with Gasteiger partial charge in [-0.05, 0) is 37.5 Å². The molecule has 9 heteroatoms. The number of nitrogens with zero attached hydrogens (tertiary/aromatic N) is 5. The highest BCUT2D eigenvalue weighted by Crippen LogP contribution is 2.27. The number of halogens is 2. The van der Waals surface area contributed by atoms with E-state index in [-0.39, 0.29) is 5.91 Å². The third-order valence-electron chi connectivity index (χ3n) is 5.21. The first-order chi connectivity index (χ1) is 13.6. The molecule has 2 aliphatic heterocycles. The second kappa shape index (κ2) is 8.68. The Bertz CT molecular complexity index is 817. The lowest BCUT2D eigenvalue weighted by molar-refractivity contribution is -0.131. The van der Waals surface area contributed by atoms with Crippen LogP contribution >= 0.6 is 23.2 Å². The highest BCUT2D eigenvalue weighted by Gasteiger charge is 2.24. The summed E-state index contributed by atoms with van der Waals surface area (Å²) in [6.45, 7) is 5.52. The third kappa shape index (κ3) is 4.59. The first-order valence-corrected chi connectivity index (χ1v) is 10.4. The number of benzene rings is 1. The summed E-state index contributed by atoms with van der Waals surface area (Å²) in [6, 6.07) is 5.67. The molecule has 7 nitrogen and oxygen atoms in total. The first kappa shape index (κ1) is 19.5. The van der Waals surface area contributed by atoms with Crippen LogP contribution in [0.15, 0.2) is 22.7 Å². The predicted molar refractivity (Wildman–Crippen MR) is 109 cm³/mol. The van der Waals surface area contributed by atoms with Crippen LogP contribution in [0.4, 0.5) is 6.01 Å². The lowest BCUT2D eigenvalue weighted by Gasteiger charge is -2.23. The molecule has 2 aromatic rings. The van der Waals surface area contributed by atoms with Crippen LogP contribution in [0.5, 0.6) is 0 Å². The monoisotopic (exact) mass is 423 g/mol. The van der Waals surface area contributed by atoms with Crippen molar-refractivity contribution in [3.8, 4) is 11.4 Å². The van der Waals surface area contributed by atoms with E-state index in [2.05, 4.69) is 19.9 Å². The minimum atomic E-state index is 0.240. The number of amides is 1. The van der Waals surface area contributed by atoms with Gasteiger partial charge in [-0.2, -0.15) is 4.98 Å². The number of hydrogen-bond acceptors (Lipinski definition) is 6. The second-order valence-electron chi connectivity index (χ2n) is 7.26. The van der Waals surface area contributed by atoms with Gasteiger partial charge in [0.25, 0.3) is 0 Å². The zero-order valence-corrected chi connectivity index (χ0v) is 17.1. The minimum absolute atomic E-state index is 0.240. The Morgan fingerprint density at radius 1 is 0.964 bits per heavy atom. The van der Waals surface area contributed by atoms with Crippen LogP contribution in [0.1, 0.15) is 19.3 Å². The molecule has 3 heterocycles. The highest BCUT2D eigenvalue weighted by molar-refractivity contribution is 6.35. The first-order valence-electron chi connectivity index (χ1n) is 9.64. The van der Waals surface area contributed by atoms with Gasteiger partial charge in [-0.3, -0.25) is 9.69 Å². The number of hydrogen-bond donors (Lipinski definition) is 0. The summed E-state index contributed by atoms with van der Waals surface area (Å²) in [6.07, 6.45) is 3.18.